The van der Waals surface area contributed by atoms with Crippen LogP contribution in [0.5, 0.6) is 0 Å². The van der Waals surface area contributed by atoms with Crippen molar-refractivity contribution >= 4 is 67.5 Å². The van der Waals surface area contributed by atoms with Crippen molar-refractivity contribution in [2.24, 2.45) is 10.2 Å². The number of hydrogen-bond acceptors (Lipinski definition) is 5. The molecule has 8 heteroatoms. The molecule has 0 amide bonds. The van der Waals surface area contributed by atoms with Crippen LogP contribution in [0.2, 0.25) is 0 Å². The fourth-order valence-electron chi connectivity index (χ4n) is 2.37. The van der Waals surface area contributed by atoms with E-state index in [2.05, 4.69) is 10.2 Å². The fraction of sp³-hybridized carbons (Fsp3) is 0.0588. The Bertz CT molecular complexity index is 1050. The molecule has 3 rings (SSSR count). The van der Waals surface area contributed by atoms with Crippen LogP contribution in [0, 0.1) is 6.92 Å². The third-order valence-corrected chi connectivity index (χ3v) is 4.51. The number of benzene rings is 3. The predicted octanol–water partition coefficient (Wildman–Crippen LogP) is 3.74. The summed E-state index contributed by atoms with van der Waals surface area (Å²) in [7, 11) is -4.41. The van der Waals surface area contributed by atoms with Crippen LogP contribution >= 0.6 is 0 Å². The molecule has 6 nitrogen and oxygen atoms in total. The topological polar surface area (TPSA) is 105 Å². The van der Waals surface area contributed by atoms with Gasteiger partial charge in [-0.1, -0.05) is 42.0 Å². The molecular formula is C17H16N3NaO3S. The first-order chi connectivity index (χ1) is 11.4. The van der Waals surface area contributed by atoms with Crippen LogP contribution in [0.3, 0.4) is 0 Å². The minimum atomic E-state index is -4.41. The first-order valence-corrected chi connectivity index (χ1v) is 8.57. The summed E-state index contributed by atoms with van der Waals surface area (Å²) in [5, 5.41) is 8.96. The first kappa shape index (κ1) is 19.6. The number of rotatable bonds is 3. The molecule has 0 aliphatic heterocycles. The Morgan fingerprint density at radius 2 is 1.56 bits per heavy atom. The third-order valence-electron chi connectivity index (χ3n) is 3.61. The normalized spacial score (nSPS) is 11.6. The molecule has 0 spiro atoms. The molecule has 0 aliphatic rings. The quantitative estimate of drug-likeness (QED) is 0.319. The monoisotopic (exact) mass is 365 g/mol. The molecule has 0 atom stereocenters. The van der Waals surface area contributed by atoms with Gasteiger partial charge in [0.2, 0.25) is 0 Å². The molecule has 0 fully saturated rings. The summed E-state index contributed by atoms with van der Waals surface area (Å²) < 4.78 is 32.8. The second kappa shape index (κ2) is 7.63. The van der Waals surface area contributed by atoms with Crippen LogP contribution in [-0.2, 0) is 10.1 Å². The Morgan fingerprint density at radius 3 is 2.16 bits per heavy atom. The van der Waals surface area contributed by atoms with Crippen LogP contribution < -0.4 is 5.73 Å². The molecule has 25 heavy (non-hydrogen) atoms. The SMILES string of the molecule is Cc1ccc(N=Nc2cc(S(=O)(=O)O)c3ccccc3c2N)cc1.[NaH]. The van der Waals surface area contributed by atoms with Crippen LogP contribution in [0.4, 0.5) is 17.1 Å². The summed E-state index contributed by atoms with van der Waals surface area (Å²) in [6.07, 6.45) is 0. The molecule has 0 saturated heterocycles. The number of azo groups is 1. The molecule has 3 aromatic rings. The number of nitrogens with two attached hydrogens (primary N) is 1. The van der Waals surface area contributed by atoms with Crippen molar-refractivity contribution in [1.29, 1.82) is 0 Å². The van der Waals surface area contributed by atoms with E-state index in [9.17, 15) is 13.0 Å². The third kappa shape index (κ3) is 4.26. The summed E-state index contributed by atoms with van der Waals surface area (Å²) in [5.41, 5.74) is 8.27. The maximum atomic E-state index is 11.7. The Balaban J connectivity index is 0.00000225. The summed E-state index contributed by atoms with van der Waals surface area (Å²) in [4.78, 5) is -0.245. The van der Waals surface area contributed by atoms with Gasteiger partial charge in [-0.2, -0.15) is 13.5 Å². The van der Waals surface area contributed by atoms with E-state index in [-0.39, 0.29) is 40.1 Å². The summed E-state index contributed by atoms with van der Waals surface area (Å²) >= 11 is 0. The minimum absolute atomic E-state index is 0. The molecule has 0 unspecified atom stereocenters. The zero-order valence-corrected chi connectivity index (χ0v) is 13.7. The van der Waals surface area contributed by atoms with E-state index >= 15 is 0 Å². The summed E-state index contributed by atoms with van der Waals surface area (Å²) in [6, 6.07) is 15.2. The van der Waals surface area contributed by atoms with Crippen molar-refractivity contribution in [1.82, 2.24) is 0 Å². The van der Waals surface area contributed by atoms with E-state index in [1.807, 2.05) is 19.1 Å². The summed E-state index contributed by atoms with van der Waals surface area (Å²) in [5.74, 6) is 0. The molecule has 0 saturated carbocycles. The van der Waals surface area contributed by atoms with E-state index in [0.717, 1.165) is 5.56 Å². The van der Waals surface area contributed by atoms with Gasteiger partial charge in [0.25, 0.3) is 10.1 Å². The predicted molar refractivity (Wildman–Crippen MR) is 101 cm³/mol. The average molecular weight is 365 g/mol. The zero-order chi connectivity index (χ0) is 17.3. The number of fused-ring (bicyclic) bond motifs is 1. The van der Waals surface area contributed by atoms with Gasteiger partial charge in [0.05, 0.1) is 11.4 Å². The maximum absolute atomic E-state index is 11.7. The molecule has 0 radical (unpaired) electrons. The van der Waals surface area contributed by atoms with Gasteiger partial charge < -0.3 is 5.73 Å². The van der Waals surface area contributed by atoms with Gasteiger partial charge in [-0.3, -0.25) is 4.55 Å². The Kier molecular flexibility index (Phi) is 5.97. The van der Waals surface area contributed by atoms with Crippen LogP contribution in [0.15, 0.2) is 69.7 Å². The molecule has 0 heterocycles. The van der Waals surface area contributed by atoms with Gasteiger partial charge in [0.1, 0.15) is 10.6 Å². The van der Waals surface area contributed by atoms with Crippen molar-refractivity contribution < 1.29 is 13.0 Å². The second-order valence-corrected chi connectivity index (χ2v) is 6.75. The average Bonchev–Trinajstić information content (AvgIpc) is 2.55. The van der Waals surface area contributed by atoms with E-state index in [4.69, 9.17) is 5.73 Å². The zero-order valence-electron chi connectivity index (χ0n) is 12.8. The van der Waals surface area contributed by atoms with Crippen molar-refractivity contribution in [2.45, 2.75) is 11.8 Å². The van der Waals surface area contributed by atoms with Gasteiger partial charge in [-0.25, -0.2) is 0 Å². The van der Waals surface area contributed by atoms with Crippen LogP contribution in [0.25, 0.3) is 10.8 Å². The second-order valence-electron chi connectivity index (χ2n) is 5.36. The van der Waals surface area contributed by atoms with Gasteiger partial charge in [0, 0.05) is 10.8 Å². The molecule has 0 aliphatic carbocycles. The Hall–Kier alpha value is -1.77. The summed E-state index contributed by atoms with van der Waals surface area (Å²) in [6.45, 7) is 1.96. The number of nitrogen functional groups attached to an aromatic ring is 1. The van der Waals surface area contributed by atoms with Crippen LogP contribution in [0.1, 0.15) is 5.56 Å². The van der Waals surface area contributed by atoms with Gasteiger partial charge in [0.15, 0.2) is 0 Å². The van der Waals surface area contributed by atoms with Crippen molar-refractivity contribution in [3.05, 3.63) is 60.2 Å². The van der Waals surface area contributed by atoms with Gasteiger partial charge in [-0.15, -0.1) is 5.11 Å². The van der Waals surface area contributed by atoms with Crippen LogP contribution in [-0.4, -0.2) is 42.5 Å². The molecule has 0 bridgehead atoms. The van der Waals surface area contributed by atoms with Gasteiger partial charge >= 0.3 is 29.6 Å². The first-order valence-electron chi connectivity index (χ1n) is 7.13. The Morgan fingerprint density at radius 1 is 0.960 bits per heavy atom. The van der Waals surface area contributed by atoms with E-state index in [1.54, 1.807) is 36.4 Å². The number of aryl methyl sites for hydroxylation is 1. The van der Waals surface area contributed by atoms with E-state index in [0.29, 0.717) is 22.1 Å². The van der Waals surface area contributed by atoms with E-state index < -0.39 is 10.1 Å². The fourth-order valence-corrected chi connectivity index (χ4v) is 3.09. The van der Waals surface area contributed by atoms with Crippen molar-refractivity contribution in [3.63, 3.8) is 0 Å². The Labute approximate surface area is 167 Å². The van der Waals surface area contributed by atoms with E-state index in [1.165, 1.54) is 6.07 Å². The molecular weight excluding hydrogens is 349 g/mol. The standard InChI is InChI=1S/C17H15N3O3S.Na.H/c1-11-6-8-12(9-7-11)19-20-15-10-16(24(21,22)23)13-4-2-3-5-14(13)17(15)18;;/h2-10H,18H2,1H3,(H,21,22,23);;. The van der Waals surface area contributed by atoms with Gasteiger partial charge in [-0.05, 0) is 25.1 Å². The molecule has 0 aromatic heterocycles. The molecule has 124 valence electrons. The molecule has 3 N–H and O–H groups in total. The number of hydrogen-bond donors (Lipinski definition) is 2. The number of nitrogens with zero attached hydrogens (tertiary/aromatic N) is 2. The molecule has 3 aromatic carbocycles. The number of anilines is 1. The van der Waals surface area contributed by atoms with Crippen molar-refractivity contribution in [3.8, 4) is 0 Å². The van der Waals surface area contributed by atoms with Crippen molar-refractivity contribution in [2.75, 3.05) is 5.73 Å².